The molecule has 2 nitrogen and oxygen atoms in total. The number of nitrogens with zero attached hydrogens (tertiary/aromatic N) is 1. The molecule has 0 unspecified atom stereocenters. The first-order valence-electron chi connectivity index (χ1n) is 8.07. The van der Waals surface area contributed by atoms with Gasteiger partial charge in [-0.3, -0.25) is 4.90 Å². The zero-order valence-corrected chi connectivity index (χ0v) is 14.9. The predicted molar refractivity (Wildman–Crippen MR) is 96.7 cm³/mol. The quantitative estimate of drug-likeness (QED) is 0.774. The molecule has 0 spiro atoms. The Hall–Kier alpha value is -1.22. The van der Waals surface area contributed by atoms with Gasteiger partial charge in [-0.2, -0.15) is 0 Å². The standard InChI is InChI=1S/C19H21Cl2NO/c1-3-22(4-2)19-11-15(12-5-8-17(20)18(21)9-12)14-7-6-13(23)10-16(14)19/h5-10,15,19,23H,3-4,11H2,1-2H3/t15-,19+/m1/s1. The third-order valence-electron chi connectivity index (χ3n) is 4.86. The Morgan fingerprint density at radius 1 is 1.00 bits per heavy atom. The second kappa shape index (κ2) is 6.72. The molecule has 0 saturated heterocycles. The van der Waals surface area contributed by atoms with Crippen molar-refractivity contribution in [2.75, 3.05) is 13.1 Å². The van der Waals surface area contributed by atoms with Gasteiger partial charge in [0.05, 0.1) is 10.0 Å². The maximum absolute atomic E-state index is 9.92. The fourth-order valence-corrected chi connectivity index (χ4v) is 4.01. The molecule has 2 aromatic carbocycles. The Balaban J connectivity index is 2.05. The fourth-order valence-electron chi connectivity index (χ4n) is 3.70. The van der Waals surface area contributed by atoms with Crippen molar-refractivity contribution in [1.82, 2.24) is 4.90 Å². The van der Waals surface area contributed by atoms with Crippen LogP contribution in [-0.4, -0.2) is 23.1 Å². The van der Waals surface area contributed by atoms with Crippen LogP contribution in [0.2, 0.25) is 10.0 Å². The van der Waals surface area contributed by atoms with E-state index in [1.54, 1.807) is 6.07 Å². The minimum atomic E-state index is 0.283. The second-order valence-electron chi connectivity index (χ2n) is 6.01. The summed E-state index contributed by atoms with van der Waals surface area (Å²) in [6.45, 7) is 6.34. The van der Waals surface area contributed by atoms with Crippen molar-refractivity contribution in [3.05, 3.63) is 63.1 Å². The highest BCUT2D eigenvalue weighted by Gasteiger charge is 2.34. The summed E-state index contributed by atoms with van der Waals surface area (Å²) >= 11 is 12.3. The molecule has 3 rings (SSSR count). The summed E-state index contributed by atoms with van der Waals surface area (Å²) in [7, 11) is 0. The topological polar surface area (TPSA) is 23.5 Å². The third-order valence-corrected chi connectivity index (χ3v) is 5.60. The van der Waals surface area contributed by atoms with Gasteiger partial charge in [-0.05, 0) is 60.5 Å². The summed E-state index contributed by atoms with van der Waals surface area (Å²) in [6, 6.07) is 11.9. The SMILES string of the molecule is CCN(CC)[C@H]1C[C@H](c2ccc(Cl)c(Cl)c2)c2ccc(O)cc21. The van der Waals surface area contributed by atoms with Gasteiger partial charge in [0.25, 0.3) is 0 Å². The zero-order chi connectivity index (χ0) is 16.6. The van der Waals surface area contributed by atoms with Crippen LogP contribution in [0.5, 0.6) is 5.75 Å². The average Bonchev–Trinajstić information content (AvgIpc) is 2.90. The fraction of sp³-hybridized carbons (Fsp3) is 0.368. The van der Waals surface area contributed by atoms with Crippen LogP contribution in [0.3, 0.4) is 0 Å². The van der Waals surface area contributed by atoms with Gasteiger partial charge in [-0.25, -0.2) is 0 Å². The first-order valence-corrected chi connectivity index (χ1v) is 8.82. The summed E-state index contributed by atoms with van der Waals surface area (Å²) in [5, 5.41) is 11.1. The van der Waals surface area contributed by atoms with E-state index in [4.69, 9.17) is 23.2 Å². The molecule has 1 aliphatic carbocycles. The Labute approximate surface area is 147 Å². The first kappa shape index (κ1) is 16.6. The highest BCUT2D eigenvalue weighted by Crippen LogP contribution is 2.48. The number of hydrogen-bond donors (Lipinski definition) is 1. The molecule has 122 valence electrons. The highest BCUT2D eigenvalue weighted by atomic mass is 35.5. The van der Waals surface area contributed by atoms with E-state index in [1.165, 1.54) is 16.7 Å². The molecular weight excluding hydrogens is 329 g/mol. The first-order chi connectivity index (χ1) is 11.0. The number of benzene rings is 2. The molecule has 1 N–H and O–H groups in total. The van der Waals surface area contributed by atoms with Gasteiger partial charge in [0.1, 0.15) is 5.75 Å². The maximum Gasteiger partial charge on any atom is 0.115 e. The van der Waals surface area contributed by atoms with Crippen LogP contribution in [0.1, 0.15) is 48.9 Å². The lowest BCUT2D eigenvalue weighted by molar-refractivity contribution is 0.215. The number of aromatic hydroxyl groups is 1. The third kappa shape index (κ3) is 3.08. The van der Waals surface area contributed by atoms with Gasteiger partial charge in [-0.15, -0.1) is 0 Å². The summed E-state index contributed by atoms with van der Waals surface area (Å²) in [5.74, 6) is 0.613. The number of phenolic OH excluding ortho intramolecular Hbond substituents is 1. The van der Waals surface area contributed by atoms with Crippen LogP contribution in [0.15, 0.2) is 36.4 Å². The molecule has 2 atom stereocenters. The van der Waals surface area contributed by atoms with E-state index in [1.807, 2.05) is 24.3 Å². The minimum Gasteiger partial charge on any atom is -0.508 e. The molecule has 0 aromatic heterocycles. The van der Waals surface area contributed by atoms with Crippen molar-refractivity contribution in [2.24, 2.45) is 0 Å². The van der Waals surface area contributed by atoms with Crippen LogP contribution in [0.25, 0.3) is 0 Å². The van der Waals surface area contributed by atoms with Gasteiger partial charge < -0.3 is 5.11 Å². The number of fused-ring (bicyclic) bond motifs is 1. The molecule has 0 amide bonds. The highest BCUT2D eigenvalue weighted by molar-refractivity contribution is 6.42. The van der Waals surface area contributed by atoms with E-state index in [2.05, 4.69) is 24.8 Å². The average molecular weight is 350 g/mol. The lowest BCUT2D eigenvalue weighted by Crippen LogP contribution is -2.27. The number of halogens is 2. The molecule has 1 aliphatic rings. The number of hydrogen-bond acceptors (Lipinski definition) is 2. The van der Waals surface area contributed by atoms with Gasteiger partial charge in [-0.1, -0.05) is 49.2 Å². The summed E-state index contributed by atoms with van der Waals surface area (Å²) < 4.78 is 0. The van der Waals surface area contributed by atoms with Crippen LogP contribution >= 0.6 is 23.2 Å². The molecule has 0 saturated carbocycles. The zero-order valence-electron chi connectivity index (χ0n) is 13.4. The van der Waals surface area contributed by atoms with Crippen molar-refractivity contribution < 1.29 is 5.11 Å². The Bertz CT molecular complexity index is 713. The van der Waals surface area contributed by atoms with Crippen molar-refractivity contribution in [3.8, 4) is 5.75 Å². The van der Waals surface area contributed by atoms with Crippen molar-refractivity contribution in [1.29, 1.82) is 0 Å². The van der Waals surface area contributed by atoms with Crippen molar-refractivity contribution in [2.45, 2.75) is 32.2 Å². The van der Waals surface area contributed by atoms with Gasteiger partial charge in [0, 0.05) is 12.0 Å². The minimum absolute atomic E-state index is 0.283. The molecule has 0 bridgehead atoms. The van der Waals surface area contributed by atoms with E-state index < -0.39 is 0 Å². The van der Waals surface area contributed by atoms with Crippen LogP contribution in [0, 0.1) is 0 Å². The van der Waals surface area contributed by atoms with E-state index in [9.17, 15) is 5.11 Å². The Morgan fingerprint density at radius 2 is 1.74 bits per heavy atom. The van der Waals surface area contributed by atoms with E-state index in [0.717, 1.165) is 19.5 Å². The smallest absolute Gasteiger partial charge is 0.115 e. The van der Waals surface area contributed by atoms with E-state index >= 15 is 0 Å². The van der Waals surface area contributed by atoms with Crippen molar-refractivity contribution in [3.63, 3.8) is 0 Å². The van der Waals surface area contributed by atoms with Gasteiger partial charge in [0.15, 0.2) is 0 Å². The summed E-state index contributed by atoms with van der Waals surface area (Å²) in [4.78, 5) is 2.44. The number of rotatable bonds is 4. The van der Waals surface area contributed by atoms with Crippen LogP contribution in [-0.2, 0) is 0 Å². The van der Waals surface area contributed by atoms with E-state index in [-0.39, 0.29) is 5.92 Å². The molecule has 0 fully saturated rings. The summed E-state index contributed by atoms with van der Waals surface area (Å²) in [5.41, 5.74) is 3.68. The molecular formula is C19H21Cl2NO. The molecule has 0 heterocycles. The molecule has 4 heteroatoms. The normalized spacial score (nSPS) is 20.0. The second-order valence-corrected chi connectivity index (χ2v) is 6.83. The molecule has 2 aromatic rings. The lowest BCUT2D eigenvalue weighted by Gasteiger charge is -2.27. The Kier molecular flexibility index (Phi) is 4.86. The number of phenols is 1. The molecule has 0 radical (unpaired) electrons. The largest absolute Gasteiger partial charge is 0.508 e. The summed E-state index contributed by atoms with van der Waals surface area (Å²) in [6.07, 6.45) is 0.998. The van der Waals surface area contributed by atoms with Crippen LogP contribution in [0.4, 0.5) is 0 Å². The molecule has 0 aliphatic heterocycles. The monoisotopic (exact) mass is 349 g/mol. The van der Waals surface area contributed by atoms with E-state index in [0.29, 0.717) is 21.8 Å². The maximum atomic E-state index is 9.92. The van der Waals surface area contributed by atoms with Gasteiger partial charge >= 0.3 is 0 Å². The van der Waals surface area contributed by atoms with Gasteiger partial charge in [0.2, 0.25) is 0 Å². The Morgan fingerprint density at radius 3 is 2.39 bits per heavy atom. The molecule has 23 heavy (non-hydrogen) atoms. The van der Waals surface area contributed by atoms with Crippen LogP contribution < -0.4 is 0 Å². The predicted octanol–water partition coefficient (Wildman–Crippen LogP) is 5.62. The van der Waals surface area contributed by atoms with Crippen molar-refractivity contribution >= 4 is 23.2 Å². The lowest BCUT2D eigenvalue weighted by atomic mass is 9.93.